The normalized spacial score (nSPS) is 22.3. The van der Waals surface area contributed by atoms with Gasteiger partial charge in [-0.3, -0.25) is 4.79 Å². The second kappa shape index (κ2) is 8.16. The number of anilines is 1. The highest BCUT2D eigenvalue weighted by atomic mass is 19.4. The van der Waals surface area contributed by atoms with Crippen LogP contribution in [0.5, 0.6) is 5.75 Å². The van der Waals surface area contributed by atoms with Crippen molar-refractivity contribution < 1.29 is 22.7 Å². The zero-order chi connectivity index (χ0) is 21.3. The second-order valence-corrected chi connectivity index (χ2v) is 7.82. The lowest BCUT2D eigenvalue weighted by atomic mass is 9.85. The summed E-state index contributed by atoms with van der Waals surface area (Å²) in [5, 5.41) is 6.85. The standard InChI is InChI=1S/C20H24F3N5O2/c1-30-15-4-2-13(3-5-15)10-18(29)27-8-6-14(7-9-27)16-11-17(20(21,22)23)28-19(26-16)24-12-25-28/h2-5,12,14,16-17H,6-11H2,1H3,(H,24,25,26)/t16-,17+/m0/s1. The molecular weight excluding hydrogens is 399 g/mol. The minimum Gasteiger partial charge on any atom is -0.497 e. The summed E-state index contributed by atoms with van der Waals surface area (Å²) in [5.41, 5.74) is 0.907. The Hall–Kier alpha value is -2.78. The largest absolute Gasteiger partial charge is 0.497 e. The zero-order valence-electron chi connectivity index (χ0n) is 16.6. The van der Waals surface area contributed by atoms with Gasteiger partial charge in [0, 0.05) is 19.1 Å². The Morgan fingerprint density at radius 2 is 1.93 bits per heavy atom. The average molecular weight is 423 g/mol. The maximum atomic E-state index is 13.5. The molecule has 0 saturated carbocycles. The molecule has 1 N–H and O–H groups in total. The smallest absolute Gasteiger partial charge is 0.411 e. The topological polar surface area (TPSA) is 72.3 Å². The van der Waals surface area contributed by atoms with Gasteiger partial charge in [-0.1, -0.05) is 12.1 Å². The molecule has 0 aliphatic carbocycles. The molecule has 2 aliphatic rings. The van der Waals surface area contributed by atoms with E-state index in [9.17, 15) is 18.0 Å². The maximum absolute atomic E-state index is 13.5. The minimum atomic E-state index is -4.38. The lowest BCUT2D eigenvalue weighted by Gasteiger charge is -2.40. The molecule has 0 spiro atoms. The van der Waals surface area contributed by atoms with E-state index >= 15 is 0 Å². The average Bonchev–Trinajstić information content (AvgIpc) is 3.21. The van der Waals surface area contributed by atoms with Crippen molar-refractivity contribution in [3.8, 4) is 5.75 Å². The number of methoxy groups -OCH3 is 1. The number of rotatable bonds is 4. The molecule has 1 amide bonds. The van der Waals surface area contributed by atoms with Gasteiger partial charge in [-0.2, -0.15) is 23.3 Å². The van der Waals surface area contributed by atoms with Crippen LogP contribution in [0.15, 0.2) is 30.6 Å². The molecule has 4 rings (SSSR count). The van der Waals surface area contributed by atoms with Crippen molar-refractivity contribution in [1.29, 1.82) is 0 Å². The molecule has 1 fully saturated rings. The van der Waals surface area contributed by atoms with Crippen LogP contribution in [0.25, 0.3) is 0 Å². The number of nitrogens with one attached hydrogen (secondary N) is 1. The highest BCUT2D eigenvalue weighted by Crippen LogP contribution is 2.41. The monoisotopic (exact) mass is 423 g/mol. The van der Waals surface area contributed by atoms with Crippen LogP contribution in [-0.4, -0.2) is 58.0 Å². The van der Waals surface area contributed by atoms with Crippen molar-refractivity contribution >= 4 is 11.9 Å². The Bertz CT molecular complexity index is 875. The first-order valence-electron chi connectivity index (χ1n) is 9.98. The molecule has 3 heterocycles. The molecule has 2 atom stereocenters. The molecule has 10 heteroatoms. The van der Waals surface area contributed by atoms with Gasteiger partial charge in [-0.25, -0.2) is 4.68 Å². The molecule has 162 valence electrons. The summed E-state index contributed by atoms with van der Waals surface area (Å²) in [6.45, 7) is 1.09. The third kappa shape index (κ3) is 4.22. The van der Waals surface area contributed by atoms with Gasteiger partial charge in [0.2, 0.25) is 11.9 Å². The summed E-state index contributed by atoms with van der Waals surface area (Å²) in [4.78, 5) is 18.4. The third-order valence-electron chi connectivity index (χ3n) is 6.01. The number of fused-ring (bicyclic) bond motifs is 1. The number of benzene rings is 1. The first kappa shape index (κ1) is 20.5. The van der Waals surface area contributed by atoms with E-state index in [0.29, 0.717) is 32.4 Å². The number of hydrogen-bond donors (Lipinski definition) is 1. The first-order chi connectivity index (χ1) is 14.3. The number of amides is 1. The van der Waals surface area contributed by atoms with Gasteiger partial charge >= 0.3 is 6.18 Å². The van der Waals surface area contributed by atoms with Crippen molar-refractivity contribution in [2.75, 3.05) is 25.5 Å². The fraction of sp³-hybridized carbons (Fsp3) is 0.550. The number of halogens is 3. The molecular formula is C20H24F3N5O2. The first-order valence-corrected chi connectivity index (χ1v) is 9.98. The van der Waals surface area contributed by atoms with E-state index in [2.05, 4.69) is 15.4 Å². The van der Waals surface area contributed by atoms with E-state index in [1.54, 1.807) is 12.0 Å². The fourth-order valence-corrected chi connectivity index (χ4v) is 4.31. The van der Waals surface area contributed by atoms with Gasteiger partial charge in [0.1, 0.15) is 12.1 Å². The Kier molecular flexibility index (Phi) is 5.57. The number of aromatic nitrogens is 3. The highest BCUT2D eigenvalue weighted by molar-refractivity contribution is 5.78. The van der Waals surface area contributed by atoms with E-state index in [4.69, 9.17) is 4.74 Å². The quantitative estimate of drug-likeness (QED) is 0.819. The number of likely N-dealkylation sites (tertiary alicyclic amines) is 1. The van der Waals surface area contributed by atoms with Crippen molar-refractivity contribution in [3.63, 3.8) is 0 Å². The number of piperidine rings is 1. The van der Waals surface area contributed by atoms with Gasteiger partial charge in [0.25, 0.3) is 0 Å². The van der Waals surface area contributed by atoms with Gasteiger partial charge in [-0.05, 0) is 42.9 Å². The van der Waals surface area contributed by atoms with E-state index in [0.717, 1.165) is 22.3 Å². The number of alkyl halides is 3. The molecule has 7 nitrogen and oxygen atoms in total. The van der Waals surface area contributed by atoms with E-state index in [1.807, 2.05) is 24.3 Å². The minimum absolute atomic E-state index is 0.0307. The molecule has 1 aromatic heterocycles. The lowest BCUT2D eigenvalue weighted by molar-refractivity contribution is -0.174. The molecule has 1 aromatic carbocycles. The number of hydrogen-bond acceptors (Lipinski definition) is 5. The highest BCUT2D eigenvalue weighted by Gasteiger charge is 2.48. The van der Waals surface area contributed by atoms with Crippen LogP contribution in [0.2, 0.25) is 0 Å². The summed E-state index contributed by atoms with van der Waals surface area (Å²) < 4.78 is 46.5. The Morgan fingerprint density at radius 3 is 2.57 bits per heavy atom. The van der Waals surface area contributed by atoms with E-state index < -0.39 is 12.2 Å². The predicted molar refractivity (Wildman–Crippen MR) is 103 cm³/mol. The van der Waals surface area contributed by atoms with Gasteiger partial charge < -0.3 is 15.0 Å². The van der Waals surface area contributed by atoms with Crippen molar-refractivity contribution in [1.82, 2.24) is 19.7 Å². The fourth-order valence-electron chi connectivity index (χ4n) is 4.31. The van der Waals surface area contributed by atoms with Gasteiger partial charge in [-0.15, -0.1) is 0 Å². The molecule has 30 heavy (non-hydrogen) atoms. The molecule has 0 unspecified atom stereocenters. The number of carbonyl (C=O) groups is 1. The molecule has 1 saturated heterocycles. The van der Waals surface area contributed by atoms with E-state index in [1.165, 1.54) is 0 Å². The van der Waals surface area contributed by atoms with Crippen molar-refractivity contribution in [3.05, 3.63) is 36.2 Å². The summed E-state index contributed by atoms with van der Waals surface area (Å²) in [7, 11) is 1.59. The SMILES string of the molecule is COc1ccc(CC(=O)N2CCC([C@@H]3C[C@H](C(F)(F)F)n4ncnc4N3)CC2)cc1. The van der Waals surface area contributed by atoms with Gasteiger partial charge in [0.05, 0.1) is 13.5 Å². The number of nitrogens with zero attached hydrogens (tertiary/aromatic N) is 4. The lowest BCUT2D eigenvalue weighted by Crippen LogP contribution is -2.47. The van der Waals surface area contributed by atoms with Gasteiger partial charge in [0.15, 0.2) is 6.04 Å². The van der Waals surface area contributed by atoms with Crippen LogP contribution in [0, 0.1) is 5.92 Å². The molecule has 2 aromatic rings. The molecule has 2 aliphatic heterocycles. The zero-order valence-corrected chi connectivity index (χ0v) is 16.6. The maximum Gasteiger partial charge on any atom is 0.411 e. The van der Waals surface area contributed by atoms with Crippen LogP contribution < -0.4 is 10.1 Å². The summed E-state index contributed by atoms with van der Waals surface area (Å²) in [6, 6.07) is 5.35. The Labute approximate surface area is 172 Å². The summed E-state index contributed by atoms with van der Waals surface area (Å²) in [6.07, 6.45) is -1.70. The molecule has 0 radical (unpaired) electrons. The van der Waals surface area contributed by atoms with Crippen molar-refractivity contribution in [2.24, 2.45) is 5.92 Å². The number of carbonyl (C=O) groups excluding carboxylic acids is 1. The van der Waals surface area contributed by atoms with Crippen LogP contribution in [0.4, 0.5) is 19.1 Å². The van der Waals surface area contributed by atoms with Crippen LogP contribution in [0.3, 0.4) is 0 Å². The van der Waals surface area contributed by atoms with E-state index in [-0.39, 0.29) is 30.2 Å². The summed E-state index contributed by atoms with van der Waals surface area (Å²) >= 11 is 0. The van der Waals surface area contributed by atoms with Crippen LogP contribution in [-0.2, 0) is 11.2 Å². The van der Waals surface area contributed by atoms with Crippen LogP contribution >= 0.6 is 0 Å². The second-order valence-electron chi connectivity index (χ2n) is 7.82. The molecule has 0 bridgehead atoms. The predicted octanol–water partition coefficient (Wildman–Crippen LogP) is 3.06. The number of ether oxygens (including phenoxy) is 1. The summed E-state index contributed by atoms with van der Waals surface area (Å²) in [5.74, 6) is 0.972. The van der Waals surface area contributed by atoms with Crippen molar-refractivity contribution in [2.45, 2.75) is 43.9 Å². The Morgan fingerprint density at radius 1 is 1.23 bits per heavy atom. The third-order valence-corrected chi connectivity index (χ3v) is 6.01. The van der Waals surface area contributed by atoms with Crippen LogP contribution in [0.1, 0.15) is 30.9 Å². The Balaban J connectivity index is 1.34.